The summed E-state index contributed by atoms with van der Waals surface area (Å²) in [5.74, 6) is 6.80. The standard InChI is InChI=1S/C25H34FNO2S/c1-17-5-7-18(8-6-17)20-10-13-27(14-12-26)16-22(20)21-15-19(9-11-25(2,3)4)30-23(21)24(28)29/h15,17-18H,5-8,10,12-14,16H2,1-4H3,(H,28,29). The van der Waals surface area contributed by atoms with E-state index in [-0.39, 0.29) is 12.1 Å². The normalized spacial score (nSPS) is 23.2. The molecule has 1 N–H and O–H groups in total. The van der Waals surface area contributed by atoms with E-state index in [1.807, 2.05) is 26.8 Å². The van der Waals surface area contributed by atoms with Crippen molar-refractivity contribution in [3.05, 3.63) is 27.0 Å². The number of aromatic carboxylic acids is 1. The van der Waals surface area contributed by atoms with E-state index in [4.69, 9.17) is 0 Å². The van der Waals surface area contributed by atoms with E-state index in [0.717, 1.165) is 34.9 Å². The van der Waals surface area contributed by atoms with Crippen molar-refractivity contribution in [2.45, 2.75) is 59.8 Å². The Bertz CT molecular complexity index is 860. The van der Waals surface area contributed by atoms with Crippen molar-refractivity contribution in [1.82, 2.24) is 4.90 Å². The molecule has 0 spiro atoms. The molecule has 0 aromatic carbocycles. The Kier molecular flexibility index (Phi) is 7.42. The lowest BCUT2D eigenvalue weighted by atomic mass is 9.75. The molecular formula is C25H34FNO2S. The summed E-state index contributed by atoms with van der Waals surface area (Å²) in [6.07, 6.45) is 5.71. The number of hydrogen-bond acceptors (Lipinski definition) is 3. The highest BCUT2D eigenvalue weighted by atomic mass is 32.1. The summed E-state index contributed by atoms with van der Waals surface area (Å²) < 4.78 is 13.1. The molecule has 0 saturated heterocycles. The zero-order valence-electron chi connectivity index (χ0n) is 18.7. The van der Waals surface area contributed by atoms with Crippen LogP contribution in [0.4, 0.5) is 4.39 Å². The summed E-state index contributed by atoms with van der Waals surface area (Å²) in [4.78, 5) is 15.4. The van der Waals surface area contributed by atoms with Crippen LogP contribution < -0.4 is 0 Å². The summed E-state index contributed by atoms with van der Waals surface area (Å²) in [5, 5.41) is 9.90. The molecule has 5 heteroatoms. The number of halogens is 1. The molecule has 1 aromatic heterocycles. The molecule has 164 valence electrons. The predicted molar refractivity (Wildman–Crippen MR) is 123 cm³/mol. The number of nitrogens with zero attached hydrogens (tertiary/aromatic N) is 1. The molecule has 1 aliphatic heterocycles. The molecule has 1 aromatic rings. The molecule has 1 fully saturated rings. The fourth-order valence-electron chi connectivity index (χ4n) is 4.55. The Balaban J connectivity index is 2.05. The van der Waals surface area contributed by atoms with Crippen molar-refractivity contribution in [3.8, 4) is 11.8 Å². The maximum Gasteiger partial charge on any atom is 0.346 e. The van der Waals surface area contributed by atoms with Crippen molar-refractivity contribution < 1.29 is 14.3 Å². The van der Waals surface area contributed by atoms with Crippen LogP contribution >= 0.6 is 11.3 Å². The van der Waals surface area contributed by atoms with E-state index in [0.29, 0.717) is 23.9 Å². The van der Waals surface area contributed by atoms with Crippen molar-refractivity contribution in [1.29, 1.82) is 0 Å². The SMILES string of the molecule is CC1CCC(C2=C(c3cc(C#CC(C)(C)C)sc3C(=O)O)CN(CCF)CC2)CC1. The topological polar surface area (TPSA) is 40.5 Å². The van der Waals surface area contributed by atoms with Crippen molar-refractivity contribution >= 4 is 22.9 Å². The van der Waals surface area contributed by atoms with E-state index in [1.165, 1.54) is 42.6 Å². The molecule has 0 atom stereocenters. The highest BCUT2D eigenvalue weighted by molar-refractivity contribution is 7.14. The first kappa shape index (κ1) is 23.0. The van der Waals surface area contributed by atoms with E-state index in [9.17, 15) is 14.3 Å². The summed E-state index contributed by atoms with van der Waals surface area (Å²) in [7, 11) is 0. The Morgan fingerprint density at radius 3 is 2.60 bits per heavy atom. The predicted octanol–water partition coefficient (Wildman–Crippen LogP) is 6.10. The molecule has 0 radical (unpaired) electrons. The van der Waals surface area contributed by atoms with Crippen molar-refractivity contribution in [2.24, 2.45) is 17.3 Å². The average Bonchev–Trinajstić information content (AvgIpc) is 3.12. The van der Waals surface area contributed by atoms with Gasteiger partial charge in [-0.05, 0) is 63.5 Å². The maximum absolute atomic E-state index is 13.1. The maximum atomic E-state index is 13.1. The van der Waals surface area contributed by atoms with E-state index in [1.54, 1.807) is 0 Å². The van der Waals surface area contributed by atoms with E-state index < -0.39 is 5.97 Å². The molecule has 2 aliphatic rings. The summed E-state index contributed by atoms with van der Waals surface area (Å²) in [5.41, 5.74) is 3.20. The van der Waals surface area contributed by atoms with Crippen LogP contribution in [0.3, 0.4) is 0 Å². The second-order valence-electron chi connectivity index (χ2n) is 9.83. The smallest absolute Gasteiger partial charge is 0.346 e. The molecular weight excluding hydrogens is 397 g/mol. The number of rotatable bonds is 5. The lowest BCUT2D eigenvalue weighted by Gasteiger charge is -2.36. The van der Waals surface area contributed by atoms with E-state index in [2.05, 4.69) is 23.7 Å². The van der Waals surface area contributed by atoms with Gasteiger partial charge in [-0.1, -0.05) is 37.2 Å². The second-order valence-corrected chi connectivity index (χ2v) is 10.9. The quantitative estimate of drug-likeness (QED) is 0.573. The van der Waals surface area contributed by atoms with E-state index >= 15 is 0 Å². The third-order valence-electron chi connectivity index (χ3n) is 6.19. The van der Waals surface area contributed by atoms with Gasteiger partial charge < -0.3 is 5.11 Å². The first-order chi connectivity index (χ1) is 14.2. The Morgan fingerprint density at radius 1 is 1.30 bits per heavy atom. The Labute approximate surface area is 184 Å². The average molecular weight is 432 g/mol. The van der Waals surface area contributed by atoms with Gasteiger partial charge in [0.25, 0.3) is 0 Å². The minimum Gasteiger partial charge on any atom is -0.477 e. The third-order valence-corrected chi connectivity index (χ3v) is 7.23. The first-order valence-corrected chi connectivity index (χ1v) is 11.9. The van der Waals surface area contributed by atoms with Crippen LogP contribution in [0.15, 0.2) is 11.6 Å². The van der Waals surface area contributed by atoms with Crippen LogP contribution in [0.25, 0.3) is 5.57 Å². The fraction of sp³-hybridized carbons (Fsp3) is 0.640. The summed E-state index contributed by atoms with van der Waals surface area (Å²) in [6, 6.07) is 1.96. The largest absolute Gasteiger partial charge is 0.477 e. The minimum absolute atomic E-state index is 0.139. The van der Waals surface area contributed by atoms with Crippen LogP contribution in [0.1, 0.15) is 79.9 Å². The number of carboxylic acids is 1. The summed E-state index contributed by atoms with van der Waals surface area (Å²) >= 11 is 1.27. The number of hydrogen-bond donors (Lipinski definition) is 1. The number of thiophene rings is 1. The van der Waals surface area contributed by atoms with Crippen LogP contribution in [-0.2, 0) is 0 Å². The van der Waals surface area contributed by atoms with Crippen LogP contribution in [0.5, 0.6) is 0 Å². The molecule has 0 amide bonds. The van der Waals surface area contributed by atoms with Gasteiger partial charge in [0.1, 0.15) is 11.6 Å². The highest BCUT2D eigenvalue weighted by Gasteiger charge is 2.30. The number of carbonyl (C=O) groups is 1. The monoisotopic (exact) mass is 431 g/mol. The molecule has 3 nitrogen and oxygen atoms in total. The van der Waals surface area contributed by atoms with Gasteiger partial charge >= 0.3 is 5.97 Å². The zero-order chi connectivity index (χ0) is 21.9. The van der Waals surface area contributed by atoms with Gasteiger partial charge in [-0.15, -0.1) is 11.3 Å². The van der Waals surface area contributed by atoms with Crippen molar-refractivity contribution in [2.75, 3.05) is 26.3 Å². The number of carboxylic acid groups (broad SMARTS) is 1. The Morgan fingerprint density at radius 2 is 2.00 bits per heavy atom. The lowest BCUT2D eigenvalue weighted by Crippen LogP contribution is -2.35. The van der Waals surface area contributed by atoms with Gasteiger partial charge in [-0.2, -0.15) is 0 Å². The lowest BCUT2D eigenvalue weighted by molar-refractivity contribution is 0.0701. The zero-order valence-corrected chi connectivity index (χ0v) is 19.5. The fourth-order valence-corrected chi connectivity index (χ4v) is 5.42. The number of alkyl halides is 1. The minimum atomic E-state index is -0.898. The molecule has 0 unspecified atom stereocenters. The highest BCUT2D eigenvalue weighted by Crippen LogP contribution is 2.42. The molecule has 30 heavy (non-hydrogen) atoms. The van der Waals surface area contributed by atoms with Crippen LogP contribution in [0, 0.1) is 29.1 Å². The Hall–Kier alpha value is -1.64. The molecule has 2 heterocycles. The van der Waals surface area contributed by atoms with Crippen molar-refractivity contribution in [3.63, 3.8) is 0 Å². The van der Waals surface area contributed by atoms with Gasteiger partial charge in [-0.25, -0.2) is 9.18 Å². The molecule has 0 bridgehead atoms. The van der Waals surface area contributed by atoms with Gasteiger partial charge in [0.15, 0.2) is 0 Å². The van der Waals surface area contributed by atoms with Gasteiger partial charge in [0.2, 0.25) is 0 Å². The first-order valence-electron chi connectivity index (χ1n) is 11.1. The van der Waals surface area contributed by atoms with Gasteiger partial charge in [-0.3, -0.25) is 4.90 Å². The molecule has 1 saturated carbocycles. The molecule has 3 rings (SSSR count). The van der Waals surface area contributed by atoms with Crippen LogP contribution in [0.2, 0.25) is 0 Å². The third kappa shape index (κ3) is 5.74. The second kappa shape index (κ2) is 9.66. The molecule has 1 aliphatic carbocycles. The van der Waals surface area contributed by atoms with Gasteiger partial charge in [0.05, 0.1) is 4.88 Å². The van der Waals surface area contributed by atoms with Gasteiger partial charge in [0, 0.05) is 30.6 Å². The van der Waals surface area contributed by atoms with Crippen LogP contribution in [-0.4, -0.2) is 42.3 Å². The summed E-state index contributed by atoms with van der Waals surface area (Å²) in [6.45, 7) is 9.99.